The Morgan fingerprint density at radius 3 is 3.00 bits per heavy atom. The Morgan fingerprint density at radius 1 is 1.47 bits per heavy atom. The first-order chi connectivity index (χ1) is 7.18. The van der Waals surface area contributed by atoms with E-state index in [0.29, 0.717) is 23.1 Å². The van der Waals surface area contributed by atoms with E-state index < -0.39 is 6.10 Å². The number of halogens is 2. The Labute approximate surface area is 95.9 Å². The molecular weight excluding hydrogens is 261 g/mol. The van der Waals surface area contributed by atoms with Gasteiger partial charge in [0.1, 0.15) is 5.82 Å². The van der Waals surface area contributed by atoms with Crippen molar-refractivity contribution in [2.75, 3.05) is 13.1 Å². The molecule has 0 amide bonds. The average molecular weight is 272 g/mol. The van der Waals surface area contributed by atoms with Gasteiger partial charge in [0.2, 0.25) is 0 Å². The summed E-state index contributed by atoms with van der Waals surface area (Å²) < 4.78 is 14.2. The lowest BCUT2D eigenvalue weighted by Crippen LogP contribution is -2.31. The molecule has 0 aliphatic carbocycles. The molecule has 2 N–H and O–H groups in total. The van der Waals surface area contributed by atoms with Crippen LogP contribution in [-0.4, -0.2) is 24.3 Å². The molecule has 1 aliphatic heterocycles. The van der Waals surface area contributed by atoms with Crippen molar-refractivity contribution >= 4 is 21.5 Å². The lowest BCUT2D eigenvalue weighted by molar-refractivity contribution is 0.217. The minimum Gasteiger partial charge on any atom is -0.388 e. The fourth-order valence-corrected chi connectivity index (χ4v) is 2.01. The highest BCUT2D eigenvalue weighted by atomic mass is 79.9. The maximum absolute atomic E-state index is 13.7. The summed E-state index contributed by atoms with van der Waals surface area (Å²) in [4.78, 5) is 0. The second-order valence-electron chi connectivity index (χ2n) is 3.49. The minimum atomic E-state index is -0.535. The van der Waals surface area contributed by atoms with Crippen LogP contribution in [0.1, 0.15) is 5.56 Å². The number of rotatable bonds is 1. The smallest absolute Gasteiger partial charge is 0.144 e. The van der Waals surface area contributed by atoms with Gasteiger partial charge in [-0.05, 0) is 33.6 Å². The molecule has 0 saturated carbocycles. The van der Waals surface area contributed by atoms with Gasteiger partial charge in [0.05, 0.1) is 10.6 Å². The standard InChI is InChI=1S/C11H11BrFNO/c12-10-3-1-2-9(11(10)13)7-4-8(15)6-14-5-7/h1-4,8,14-15H,5-6H2. The number of aliphatic hydroxyl groups excluding tert-OH is 1. The van der Waals surface area contributed by atoms with Crippen LogP contribution in [0.3, 0.4) is 0 Å². The van der Waals surface area contributed by atoms with E-state index >= 15 is 0 Å². The molecule has 4 heteroatoms. The fourth-order valence-electron chi connectivity index (χ4n) is 1.64. The first-order valence-electron chi connectivity index (χ1n) is 4.72. The van der Waals surface area contributed by atoms with E-state index in [0.717, 1.165) is 5.57 Å². The molecule has 0 fully saturated rings. The molecule has 1 heterocycles. The largest absolute Gasteiger partial charge is 0.388 e. The molecule has 0 radical (unpaired) electrons. The predicted molar refractivity (Wildman–Crippen MR) is 61.0 cm³/mol. The molecule has 80 valence electrons. The van der Waals surface area contributed by atoms with Gasteiger partial charge in [0, 0.05) is 18.7 Å². The molecule has 0 bridgehead atoms. The molecule has 0 spiro atoms. The van der Waals surface area contributed by atoms with E-state index in [4.69, 9.17) is 0 Å². The van der Waals surface area contributed by atoms with Gasteiger partial charge in [-0.2, -0.15) is 0 Å². The number of benzene rings is 1. The number of nitrogens with one attached hydrogen (secondary N) is 1. The molecule has 1 aliphatic rings. The summed E-state index contributed by atoms with van der Waals surface area (Å²) in [6.07, 6.45) is 1.16. The molecule has 1 unspecified atom stereocenters. The lowest BCUT2D eigenvalue weighted by atomic mass is 10.0. The van der Waals surface area contributed by atoms with Gasteiger partial charge in [-0.3, -0.25) is 0 Å². The van der Waals surface area contributed by atoms with Crippen molar-refractivity contribution in [3.8, 4) is 0 Å². The van der Waals surface area contributed by atoms with Gasteiger partial charge < -0.3 is 10.4 Å². The molecular formula is C11H11BrFNO. The normalized spacial score (nSPS) is 21.3. The molecule has 0 aromatic heterocycles. The van der Waals surface area contributed by atoms with E-state index in [9.17, 15) is 9.50 Å². The molecule has 1 aromatic rings. The van der Waals surface area contributed by atoms with E-state index in [-0.39, 0.29) is 5.82 Å². The third-order valence-corrected chi connectivity index (χ3v) is 2.97. The van der Waals surface area contributed by atoms with Crippen LogP contribution in [0.4, 0.5) is 4.39 Å². The Morgan fingerprint density at radius 2 is 2.27 bits per heavy atom. The molecule has 0 saturated heterocycles. The summed E-state index contributed by atoms with van der Waals surface area (Å²) in [7, 11) is 0. The van der Waals surface area contributed by atoms with Crippen LogP contribution in [0.2, 0.25) is 0 Å². The van der Waals surface area contributed by atoms with Gasteiger partial charge >= 0.3 is 0 Å². The van der Waals surface area contributed by atoms with Gasteiger partial charge in [-0.25, -0.2) is 4.39 Å². The van der Waals surface area contributed by atoms with Crippen molar-refractivity contribution in [1.29, 1.82) is 0 Å². The van der Waals surface area contributed by atoms with Gasteiger partial charge in [-0.15, -0.1) is 0 Å². The summed E-state index contributed by atoms with van der Waals surface area (Å²) in [5.74, 6) is -0.278. The molecule has 15 heavy (non-hydrogen) atoms. The van der Waals surface area contributed by atoms with E-state index in [1.54, 1.807) is 24.3 Å². The van der Waals surface area contributed by atoms with Crippen molar-refractivity contribution in [3.05, 3.63) is 40.1 Å². The van der Waals surface area contributed by atoms with Crippen LogP contribution >= 0.6 is 15.9 Å². The highest BCUT2D eigenvalue weighted by molar-refractivity contribution is 9.10. The molecule has 2 rings (SSSR count). The number of β-amino-alcohol motifs (C(OH)–C–C–N with tert-alkyl or cyclic N) is 1. The van der Waals surface area contributed by atoms with E-state index in [1.807, 2.05) is 0 Å². The molecule has 1 aromatic carbocycles. The molecule has 1 atom stereocenters. The summed E-state index contributed by atoms with van der Waals surface area (Å²) >= 11 is 3.14. The van der Waals surface area contributed by atoms with Crippen LogP contribution in [-0.2, 0) is 0 Å². The van der Waals surface area contributed by atoms with Crippen LogP contribution < -0.4 is 5.32 Å². The van der Waals surface area contributed by atoms with Crippen molar-refractivity contribution in [2.45, 2.75) is 6.10 Å². The van der Waals surface area contributed by atoms with Gasteiger partial charge in [0.15, 0.2) is 0 Å². The van der Waals surface area contributed by atoms with Crippen molar-refractivity contribution in [1.82, 2.24) is 5.32 Å². The van der Waals surface area contributed by atoms with E-state index in [1.165, 1.54) is 0 Å². The summed E-state index contributed by atoms with van der Waals surface area (Å²) in [6, 6.07) is 5.15. The number of hydrogen-bond acceptors (Lipinski definition) is 2. The second-order valence-corrected chi connectivity index (χ2v) is 4.35. The van der Waals surface area contributed by atoms with Crippen molar-refractivity contribution in [2.24, 2.45) is 0 Å². The molecule has 2 nitrogen and oxygen atoms in total. The lowest BCUT2D eigenvalue weighted by Gasteiger charge is -2.19. The zero-order chi connectivity index (χ0) is 10.8. The third kappa shape index (κ3) is 2.27. The zero-order valence-corrected chi connectivity index (χ0v) is 9.59. The van der Waals surface area contributed by atoms with Gasteiger partial charge in [-0.1, -0.05) is 12.1 Å². The first-order valence-corrected chi connectivity index (χ1v) is 5.51. The zero-order valence-electron chi connectivity index (χ0n) is 8.00. The third-order valence-electron chi connectivity index (χ3n) is 2.36. The Kier molecular flexibility index (Phi) is 3.19. The van der Waals surface area contributed by atoms with Crippen LogP contribution in [0, 0.1) is 5.82 Å². The first kappa shape index (κ1) is 10.8. The average Bonchev–Trinajstić information content (AvgIpc) is 2.22. The van der Waals surface area contributed by atoms with Crippen LogP contribution in [0.25, 0.3) is 5.57 Å². The Bertz CT molecular complexity index is 406. The van der Waals surface area contributed by atoms with Crippen molar-refractivity contribution < 1.29 is 9.50 Å². The van der Waals surface area contributed by atoms with Crippen molar-refractivity contribution in [3.63, 3.8) is 0 Å². The van der Waals surface area contributed by atoms with Gasteiger partial charge in [0.25, 0.3) is 0 Å². The number of hydrogen-bond donors (Lipinski definition) is 2. The SMILES string of the molecule is OC1C=C(c2cccc(Br)c2F)CNC1. The maximum atomic E-state index is 13.7. The highest BCUT2D eigenvalue weighted by Gasteiger charge is 2.15. The van der Waals surface area contributed by atoms with Crippen LogP contribution in [0.5, 0.6) is 0 Å². The topological polar surface area (TPSA) is 32.3 Å². The van der Waals surface area contributed by atoms with Crippen LogP contribution in [0.15, 0.2) is 28.7 Å². The maximum Gasteiger partial charge on any atom is 0.144 e. The predicted octanol–water partition coefficient (Wildman–Crippen LogP) is 1.94. The summed E-state index contributed by atoms with van der Waals surface area (Å²) in [6.45, 7) is 1.11. The number of aliphatic hydroxyl groups is 1. The second kappa shape index (κ2) is 4.43. The minimum absolute atomic E-state index is 0.278. The quantitative estimate of drug-likeness (QED) is 0.818. The Hall–Kier alpha value is -0.710. The fraction of sp³-hybridized carbons (Fsp3) is 0.273. The summed E-state index contributed by atoms with van der Waals surface area (Å²) in [5.41, 5.74) is 1.34. The Balaban J connectivity index is 2.41. The van der Waals surface area contributed by atoms with E-state index in [2.05, 4.69) is 21.2 Å². The summed E-state index contributed by atoms with van der Waals surface area (Å²) in [5, 5.41) is 12.5. The highest BCUT2D eigenvalue weighted by Crippen LogP contribution is 2.25. The monoisotopic (exact) mass is 271 g/mol.